The van der Waals surface area contributed by atoms with E-state index in [0.29, 0.717) is 45.2 Å². The molecule has 2 heterocycles. The van der Waals surface area contributed by atoms with Gasteiger partial charge in [-0.1, -0.05) is 12.1 Å². The Bertz CT molecular complexity index is 1300. The van der Waals surface area contributed by atoms with Crippen LogP contribution in [0.4, 0.5) is 4.39 Å². The first-order valence-electron chi connectivity index (χ1n) is 10.0. The minimum absolute atomic E-state index is 0.143. The van der Waals surface area contributed by atoms with E-state index in [1.807, 2.05) is 0 Å². The molecule has 170 valence electrons. The minimum atomic E-state index is -0.417. The van der Waals surface area contributed by atoms with Crippen LogP contribution in [0.3, 0.4) is 0 Å². The number of halogens is 1. The number of hydrogen-bond acceptors (Lipinski definition) is 6. The number of aromatic nitrogens is 2. The van der Waals surface area contributed by atoms with Crippen molar-refractivity contribution in [3.63, 3.8) is 0 Å². The van der Waals surface area contributed by atoms with E-state index in [1.54, 1.807) is 42.6 Å². The summed E-state index contributed by atoms with van der Waals surface area (Å²) in [5.74, 6) is 1.29. The van der Waals surface area contributed by atoms with Crippen LogP contribution in [0.1, 0.15) is 16.1 Å². The lowest BCUT2D eigenvalue weighted by Gasteiger charge is -2.11. The first kappa shape index (κ1) is 21.9. The molecular formula is C24H22FN3O5. The van der Waals surface area contributed by atoms with Gasteiger partial charge in [0.25, 0.3) is 5.91 Å². The number of H-pyrrole nitrogens is 1. The maximum Gasteiger partial charge on any atom is 0.268 e. The number of amides is 1. The largest absolute Gasteiger partial charge is 0.496 e. The third-order valence-corrected chi connectivity index (χ3v) is 4.98. The van der Waals surface area contributed by atoms with Crippen LogP contribution in [0.25, 0.3) is 10.9 Å². The first-order valence-corrected chi connectivity index (χ1v) is 10.0. The zero-order chi connectivity index (χ0) is 23.4. The van der Waals surface area contributed by atoms with Crippen molar-refractivity contribution in [3.05, 3.63) is 71.8 Å². The van der Waals surface area contributed by atoms with Crippen LogP contribution in [0.2, 0.25) is 0 Å². The molecule has 4 aromatic rings. The molecule has 0 saturated heterocycles. The molecule has 0 aliphatic heterocycles. The quantitative estimate of drug-likeness (QED) is 0.411. The standard InChI is InChI=1S/C24H22FN3O5/c1-30-19-12-20(31-2)22(32-3)21-17(19)11-18(28-21)23(29)27-13-14-6-5-9-26-24(14)33-16-8-4-7-15(25)10-16/h4-12,28H,13H2,1-3H3,(H,27,29). The number of rotatable bonds is 8. The second-order valence-electron chi connectivity index (χ2n) is 7.00. The zero-order valence-electron chi connectivity index (χ0n) is 18.3. The molecule has 0 saturated carbocycles. The van der Waals surface area contributed by atoms with Crippen molar-refractivity contribution in [3.8, 4) is 28.9 Å². The monoisotopic (exact) mass is 451 g/mol. The summed E-state index contributed by atoms with van der Waals surface area (Å²) in [7, 11) is 4.58. The number of nitrogens with zero attached hydrogens (tertiary/aromatic N) is 1. The van der Waals surface area contributed by atoms with Gasteiger partial charge in [0.1, 0.15) is 23.0 Å². The Hall–Kier alpha value is -4.27. The average molecular weight is 451 g/mol. The highest BCUT2D eigenvalue weighted by molar-refractivity contribution is 6.02. The van der Waals surface area contributed by atoms with Crippen LogP contribution in [0.5, 0.6) is 28.9 Å². The SMILES string of the molecule is COc1cc(OC)c2cc(C(=O)NCc3cccnc3Oc3cccc(F)c3)[nH]c2c1OC. The fraction of sp³-hybridized carbons (Fsp3) is 0.167. The number of carbonyl (C=O) groups is 1. The number of hydrogen-bond donors (Lipinski definition) is 2. The molecule has 2 aromatic carbocycles. The third-order valence-electron chi connectivity index (χ3n) is 4.98. The van der Waals surface area contributed by atoms with Crippen LogP contribution < -0.4 is 24.3 Å². The van der Waals surface area contributed by atoms with E-state index in [9.17, 15) is 9.18 Å². The van der Waals surface area contributed by atoms with Crippen LogP contribution >= 0.6 is 0 Å². The Morgan fingerprint density at radius 3 is 2.58 bits per heavy atom. The molecule has 2 aromatic heterocycles. The molecule has 9 heteroatoms. The molecule has 0 atom stereocenters. The van der Waals surface area contributed by atoms with E-state index >= 15 is 0 Å². The van der Waals surface area contributed by atoms with Crippen LogP contribution in [0, 0.1) is 5.82 Å². The Kier molecular flexibility index (Phi) is 6.30. The highest BCUT2D eigenvalue weighted by Crippen LogP contribution is 2.41. The van der Waals surface area contributed by atoms with Crippen LogP contribution in [0.15, 0.2) is 54.7 Å². The summed E-state index contributed by atoms with van der Waals surface area (Å²) in [6.45, 7) is 0.143. The average Bonchev–Trinajstić information content (AvgIpc) is 3.27. The third kappa shape index (κ3) is 4.52. The predicted molar refractivity (Wildman–Crippen MR) is 120 cm³/mol. The van der Waals surface area contributed by atoms with Gasteiger partial charge in [-0.2, -0.15) is 0 Å². The van der Waals surface area contributed by atoms with Gasteiger partial charge in [-0.25, -0.2) is 9.37 Å². The summed E-state index contributed by atoms with van der Waals surface area (Å²) in [5.41, 5.74) is 1.52. The van der Waals surface area contributed by atoms with E-state index in [2.05, 4.69) is 15.3 Å². The fourth-order valence-electron chi connectivity index (χ4n) is 3.42. The normalized spacial score (nSPS) is 10.7. The van der Waals surface area contributed by atoms with Gasteiger partial charge < -0.3 is 29.2 Å². The lowest BCUT2D eigenvalue weighted by Crippen LogP contribution is -2.23. The predicted octanol–water partition coefficient (Wildman–Crippen LogP) is 4.45. The van der Waals surface area contributed by atoms with Crippen molar-refractivity contribution in [1.29, 1.82) is 0 Å². The van der Waals surface area contributed by atoms with Gasteiger partial charge in [-0.3, -0.25) is 4.79 Å². The van der Waals surface area contributed by atoms with Crippen molar-refractivity contribution in [2.45, 2.75) is 6.54 Å². The highest BCUT2D eigenvalue weighted by atomic mass is 19.1. The Morgan fingerprint density at radius 1 is 1.03 bits per heavy atom. The van der Waals surface area contributed by atoms with Gasteiger partial charge in [0, 0.05) is 35.8 Å². The molecular weight excluding hydrogens is 429 g/mol. The molecule has 0 unspecified atom stereocenters. The molecule has 2 N–H and O–H groups in total. The fourth-order valence-corrected chi connectivity index (χ4v) is 3.42. The van der Waals surface area contributed by atoms with E-state index in [0.717, 1.165) is 0 Å². The summed E-state index contributed by atoms with van der Waals surface area (Å²) in [4.78, 5) is 20.2. The Balaban J connectivity index is 1.56. The molecule has 0 radical (unpaired) electrons. The van der Waals surface area contributed by atoms with E-state index < -0.39 is 5.82 Å². The number of pyridine rings is 1. The second-order valence-corrected chi connectivity index (χ2v) is 7.00. The molecule has 0 aliphatic carbocycles. The van der Waals surface area contributed by atoms with Gasteiger partial charge in [0.05, 0.1) is 26.8 Å². The molecule has 0 spiro atoms. The minimum Gasteiger partial charge on any atom is -0.496 e. The summed E-state index contributed by atoms with van der Waals surface area (Å²) in [5, 5.41) is 3.52. The molecule has 33 heavy (non-hydrogen) atoms. The van der Waals surface area contributed by atoms with Gasteiger partial charge in [-0.15, -0.1) is 0 Å². The van der Waals surface area contributed by atoms with E-state index in [-0.39, 0.29) is 18.3 Å². The van der Waals surface area contributed by atoms with Gasteiger partial charge in [0.15, 0.2) is 11.5 Å². The Morgan fingerprint density at radius 2 is 1.85 bits per heavy atom. The van der Waals surface area contributed by atoms with Gasteiger partial charge >= 0.3 is 0 Å². The molecule has 4 rings (SSSR count). The molecule has 1 amide bonds. The number of aromatic amines is 1. The second kappa shape index (κ2) is 9.47. The maximum absolute atomic E-state index is 13.5. The number of nitrogens with one attached hydrogen (secondary N) is 2. The van der Waals surface area contributed by atoms with E-state index in [1.165, 1.54) is 33.5 Å². The molecule has 8 nitrogen and oxygen atoms in total. The van der Waals surface area contributed by atoms with Crippen LogP contribution in [-0.2, 0) is 6.54 Å². The number of carbonyl (C=O) groups excluding carboxylic acids is 1. The van der Waals surface area contributed by atoms with Crippen molar-refractivity contribution >= 4 is 16.8 Å². The molecule has 0 bridgehead atoms. The summed E-state index contributed by atoms with van der Waals surface area (Å²) in [6, 6.07) is 12.6. The van der Waals surface area contributed by atoms with Gasteiger partial charge in [-0.05, 0) is 24.3 Å². The van der Waals surface area contributed by atoms with Crippen molar-refractivity contribution in [2.24, 2.45) is 0 Å². The summed E-state index contributed by atoms with van der Waals surface area (Å²) >= 11 is 0. The zero-order valence-corrected chi connectivity index (χ0v) is 18.3. The van der Waals surface area contributed by atoms with Crippen LogP contribution in [-0.4, -0.2) is 37.2 Å². The topological polar surface area (TPSA) is 94.7 Å². The van der Waals surface area contributed by atoms with Crippen molar-refractivity contribution in [1.82, 2.24) is 15.3 Å². The highest BCUT2D eigenvalue weighted by Gasteiger charge is 2.20. The lowest BCUT2D eigenvalue weighted by atomic mass is 10.2. The first-order chi connectivity index (χ1) is 16.0. The number of benzene rings is 2. The number of ether oxygens (including phenoxy) is 4. The van der Waals surface area contributed by atoms with E-state index in [4.69, 9.17) is 18.9 Å². The molecule has 0 fully saturated rings. The summed E-state index contributed by atoms with van der Waals surface area (Å²) < 4.78 is 35.4. The van der Waals surface area contributed by atoms with Crippen molar-refractivity contribution < 1.29 is 28.1 Å². The molecule has 0 aliphatic rings. The summed E-state index contributed by atoms with van der Waals surface area (Å²) in [6.07, 6.45) is 1.56. The smallest absolute Gasteiger partial charge is 0.268 e. The van der Waals surface area contributed by atoms with Crippen molar-refractivity contribution in [2.75, 3.05) is 21.3 Å². The maximum atomic E-state index is 13.5. The number of fused-ring (bicyclic) bond motifs is 1. The lowest BCUT2D eigenvalue weighted by molar-refractivity contribution is 0.0946. The van der Waals surface area contributed by atoms with Gasteiger partial charge in [0.2, 0.25) is 5.88 Å². The Labute approximate surface area is 189 Å². The number of methoxy groups -OCH3 is 3.